The summed E-state index contributed by atoms with van der Waals surface area (Å²) >= 11 is 0. The van der Waals surface area contributed by atoms with Crippen molar-refractivity contribution in [2.24, 2.45) is 0 Å². The van der Waals surface area contributed by atoms with Gasteiger partial charge in [-0.2, -0.15) is 9.97 Å². The topological polar surface area (TPSA) is 162 Å². The molecule has 0 spiro atoms. The number of anilines is 1. The van der Waals surface area contributed by atoms with E-state index in [0.717, 1.165) is 0 Å². The number of nitrogens with two attached hydrogens (primary N) is 1. The van der Waals surface area contributed by atoms with E-state index in [2.05, 4.69) is 20.0 Å². The van der Waals surface area contributed by atoms with Crippen molar-refractivity contribution in [3.63, 3.8) is 0 Å². The molecular formula is C18H26FN6O7P. The minimum Gasteiger partial charge on any atom is -0.476 e. The van der Waals surface area contributed by atoms with Crippen LogP contribution in [0, 0.1) is 0 Å². The van der Waals surface area contributed by atoms with Crippen LogP contribution in [0.1, 0.15) is 33.4 Å². The molecule has 3 N–H and O–H groups in total. The molecule has 0 aromatic carbocycles. The van der Waals surface area contributed by atoms with E-state index in [9.17, 15) is 9.36 Å². The number of nitrogen functional groups attached to an aromatic ring is 1. The Kier molecular flexibility index (Phi) is 6.56. The Morgan fingerprint density at radius 1 is 1.42 bits per heavy atom. The second kappa shape index (κ2) is 9.11. The van der Waals surface area contributed by atoms with Gasteiger partial charge in [0.05, 0.1) is 32.6 Å². The van der Waals surface area contributed by atoms with Gasteiger partial charge in [0.25, 0.3) is 0 Å². The Morgan fingerprint density at radius 2 is 2.21 bits per heavy atom. The van der Waals surface area contributed by atoms with Crippen LogP contribution in [0.4, 0.5) is 10.3 Å². The van der Waals surface area contributed by atoms with Crippen molar-refractivity contribution in [1.82, 2.24) is 24.6 Å². The maximum atomic E-state index is 16.1. The summed E-state index contributed by atoms with van der Waals surface area (Å²) in [4.78, 5) is 23.9. The molecule has 2 aliphatic heterocycles. The Labute approximate surface area is 188 Å². The lowest BCUT2D eigenvalue weighted by atomic mass is 9.98. The van der Waals surface area contributed by atoms with Crippen LogP contribution in [0.25, 0.3) is 11.2 Å². The number of ether oxygens (including phenoxy) is 3. The number of halogens is 1. The summed E-state index contributed by atoms with van der Waals surface area (Å²) in [6, 6.07) is 0. The number of aromatic nitrogens is 4. The quantitative estimate of drug-likeness (QED) is 0.407. The summed E-state index contributed by atoms with van der Waals surface area (Å²) in [7, 11) is -3.88. The molecule has 0 amide bonds. The van der Waals surface area contributed by atoms with E-state index in [-0.39, 0.29) is 43.7 Å². The molecule has 2 aromatic rings. The third-order valence-electron chi connectivity index (χ3n) is 5.22. The number of alkyl halides is 1. The van der Waals surface area contributed by atoms with E-state index in [0.29, 0.717) is 12.1 Å². The minimum atomic E-state index is -3.88. The first kappa shape index (κ1) is 23.8. The summed E-state index contributed by atoms with van der Waals surface area (Å²) in [6.07, 6.45) is -1.99. The van der Waals surface area contributed by atoms with Crippen LogP contribution in [0.5, 0.6) is 5.88 Å². The van der Waals surface area contributed by atoms with Crippen molar-refractivity contribution in [3.05, 3.63) is 6.33 Å². The summed E-state index contributed by atoms with van der Waals surface area (Å²) in [5.41, 5.74) is 4.15. The smallest absolute Gasteiger partial charge is 0.406 e. The molecule has 0 radical (unpaired) electrons. The van der Waals surface area contributed by atoms with Crippen molar-refractivity contribution < 1.29 is 37.0 Å². The SMILES string of the molecule is CCOC(=O)CCN[P@]1(=O)OC[C@H]2O[C@@H](n3cnc4c(OCC)nc(N)nc43)[C@](C)(F)[C@@H]2O1. The molecule has 182 valence electrons. The second-order valence-corrected chi connectivity index (χ2v) is 9.38. The third kappa shape index (κ3) is 4.53. The number of esters is 1. The molecule has 15 heteroatoms. The highest BCUT2D eigenvalue weighted by Gasteiger charge is 2.61. The normalized spacial score (nSPS) is 31.5. The molecule has 0 bridgehead atoms. The molecule has 5 atom stereocenters. The number of hydrogen-bond donors (Lipinski definition) is 2. The van der Waals surface area contributed by atoms with E-state index in [1.807, 2.05) is 0 Å². The largest absolute Gasteiger partial charge is 0.476 e. The third-order valence-corrected chi connectivity index (χ3v) is 6.83. The van der Waals surface area contributed by atoms with Gasteiger partial charge in [-0.1, -0.05) is 0 Å². The van der Waals surface area contributed by atoms with E-state index < -0.39 is 37.8 Å². The van der Waals surface area contributed by atoms with Crippen LogP contribution in [-0.4, -0.2) is 69.7 Å². The second-order valence-electron chi connectivity index (χ2n) is 7.60. The molecule has 4 rings (SSSR count). The first-order valence-corrected chi connectivity index (χ1v) is 12.0. The number of rotatable bonds is 8. The average molecular weight is 488 g/mol. The summed E-state index contributed by atoms with van der Waals surface area (Å²) < 4.78 is 57.4. The lowest BCUT2D eigenvalue weighted by Crippen LogP contribution is -2.46. The number of carbonyl (C=O) groups excluding carboxylic acids is 1. The van der Waals surface area contributed by atoms with Gasteiger partial charge in [0.2, 0.25) is 11.8 Å². The monoisotopic (exact) mass is 488 g/mol. The number of nitrogens with zero attached hydrogens (tertiary/aromatic N) is 4. The van der Waals surface area contributed by atoms with Gasteiger partial charge in [-0.3, -0.25) is 18.4 Å². The van der Waals surface area contributed by atoms with Crippen LogP contribution in [0.15, 0.2) is 6.33 Å². The molecule has 33 heavy (non-hydrogen) atoms. The van der Waals surface area contributed by atoms with Crippen molar-refractivity contribution >= 4 is 30.8 Å². The average Bonchev–Trinajstić information content (AvgIpc) is 3.26. The van der Waals surface area contributed by atoms with Crippen molar-refractivity contribution in [2.45, 2.75) is 51.3 Å². The number of imidazole rings is 1. The first-order valence-electron chi connectivity index (χ1n) is 10.5. The molecule has 13 nitrogen and oxygen atoms in total. The fourth-order valence-corrected chi connectivity index (χ4v) is 5.38. The standard InChI is InChI=1S/C18H26FN6O7P/c1-4-28-11(26)6-7-22-33(27)30-8-10-13(32-33)18(3,19)16(31-10)25-9-21-12-14(25)23-17(20)24-15(12)29-5-2/h9-10,13,16H,4-8H2,1-3H3,(H,22,27)(H2,20,23,24)/t10-,13-,16-,18-,33+/m1/s1. The van der Waals surface area contributed by atoms with Crippen molar-refractivity contribution in [3.8, 4) is 5.88 Å². The Hall–Kier alpha value is -2.38. The van der Waals surface area contributed by atoms with Gasteiger partial charge < -0.3 is 19.9 Å². The van der Waals surface area contributed by atoms with Gasteiger partial charge in [0, 0.05) is 6.54 Å². The Balaban J connectivity index is 1.54. The highest BCUT2D eigenvalue weighted by Crippen LogP contribution is 2.56. The Morgan fingerprint density at radius 3 is 2.94 bits per heavy atom. The summed E-state index contributed by atoms with van der Waals surface area (Å²) in [5.74, 6) is -0.367. The fraction of sp³-hybridized carbons (Fsp3) is 0.667. The maximum absolute atomic E-state index is 16.1. The zero-order valence-corrected chi connectivity index (χ0v) is 19.3. The Bertz CT molecular complexity index is 1080. The van der Waals surface area contributed by atoms with E-state index >= 15 is 4.39 Å². The van der Waals surface area contributed by atoms with Crippen molar-refractivity contribution in [1.29, 1.82) is 0 Å². The van der Waals surface area contributed by atoms with Crippen LogP contribution >= 0.6 is 7.75 Å². The lowest BCUT2D eigenvalue weighted by molar-refractivity contribution is -0.142. The van der Waals surface area contributed by atoms with Gasteiger partial charge >= 0.3 is 13.7 Å². The van der Waals surface area contributed by atoms with Gasteiger partial charge in [-0.15, -0.1) is 0 Å². The van der Waals surface area contributed by atoms with E-state index in [1.54, 1.807) is 13.8 Å². The zero-order valence-electron chi connectivity index (χ0n) is 18.4. The minimum absolute atomic E-state index is 0.0245. The molecule has 2 saturated heterocycles. The predicted molar refractivity (Wildman–Crippen MR) is 112 cm³/mol. The molecule has 0 aliphatic carbocycles. The van der Waals surface area contributed by atoms with Gasteiger partial charge in [-0.25, -0.2) is 19.0 Å². The molecule has 2 fully saturated rings. The fourth-order valence-electron chi connectivity index (χ4n) is 3.79. The molecule has 2 aliphatic rings. The van der Waals surface area contributed by atoms with Crippen LogP contribution < -0.4 is 15.6 Å². The summed E-state index contributed by atoms with van der Waals surface area (Å²) in [6.45, 7) is 5.09. The molecular weight excluding hydrogens is 462 g/mol. The molecule has 0 saturated carbocycles. The predicted octanol–water partition coefficient (Wildman–Crippen LogP) is 1.50. The van der Waals surface area contributed by atoms with Crippen LogP contribution in [-0.2, 0) is 27.9 Å². The highest BCUT2D eigenvalue weighted by molar-refractivity contribution is 7.51. The van der Waals surface area contributed by atoms with Gasteiger partial charge in [0.15, 0.2) is 23.1 Å². The maximum Gasteiger partial charge on any atom is 0.406 e. The number of fused-ring (bicyclic) bond motifs is 2. The van der Waals surface area contributed by atoms with E-state index in [4.69, 9.17) is 29.0 Å². The van der Waals surface area contributed by atoms with Gasteiger partial charge in [-0.05, 0) is 20.8 Å². The number of nitrogens with one attached hydrogen (secondary N) is 1. The number of carbonyl (C=O) groups is 1. The van der Waals surface area contributed by atoms with Gasteiger partial charge in [0.1, 0.15) is 12.2 Å². The van der Waals surface area contributed by atoms with Crippen LogP contribution in [0.3, 0.4) is 0 Å². The van der Waals surface area contributed by atoms with Crippen molar-refractivity contribution in [2.75, 3.05) is 32.1 Å². The zero-order chi connectivity index (χ0) is 23.8. The van der Waals surface area contributed by atoms with E-state index in [1.165, 1.54) is 17.8 Å². The molecule has 0 unspecified atom stereocenters. The summed E-state index contributed by atoms with van der Waals surface area (Å²) in [5, 5.41) is 2.56. The lowest BCUT2D eigenvalue weighted by Gasteiger charge is -2.34. The molecule has 4 heterocycles. The first-order chi connectivity index (χ1) is 15.7. The number of hydrogen-bond acceptors (Lipinski definition) is 11. The highest BCUT2D eigenvalue weighted by atomic mass is 31.2. The van der Waals surface area contributed by atoms with Crippen LogP contribution in [0.2, 0.25) is 0 Å². The molecule has 2 aromatic heterocycles.